The van der Waals surface area contributed by atoms with Crippen LogP contribution in [0, 0.1) is 0 Å². The molecule has 1 atom stereocenters. The molecular weight excluding hydrogens is 314 g/mol. The van der Waals surface area contributed by atoms with Gasteiger partial charge in [-0.15, -0.1) is 0 Å². The van der Waals surface area contributed by atoms with Crippen molar-refractivity contribution < 1.29 is 4.79 Å². The molecule has 0 aromatic heterocycles. The van der Waals surface area contributed by atoms with Crippen LogP contribution in [0.5, 0.6) is 0 Å². The maximum Gasteiger partial charge on any atom is 0.232 e. The standard InChI is InChI=1S/C17H16BrNO/c1-2-11-3-5-12(6-4-11)9-15-14-10-13(18)7-8-16(14)19-17(15)20/h3-8,10,15H,2,9H2,1H3,(H,19,20). The van der Waals surface area contributed by atoms with Gasteiger partial charge in [-0.25, -0.2) is 0 Å². The summed E-state index contributed by atoms with van der Waals surface area (Å²) >= 11 is 3.48. The quantitative estimate of drug-likeness (QED) is 0.894. The molecule has 1 heterocycles. The van der Waals surface area contributed by atoms with Crippen LogP contribution in [0.2, 0.25) is 0 Å². The van der Waals surface area contributed by atoms with Crippen molar-refractivity contribution in [1.29, 1.82) is 0 Å². The predicted octanol–water partition coefficient (Wildman–Crippen LogP) is 4.29. The lowest BCUT2D eigenvalue weighted by Gasteiger charge is -2.10. The van der Waals surface area contributed by atoms with Crippen molar-refractivity contribution >= 4 is 27.5 Å². The zero-order chi connectivity index (χ0) is 14.1. The maximum atomic E-state index is 12.1. The number of halogens is 1. The topological polar surface area (TPSA) is 29.1 Å². The first-order chi connectivity index (χ1) is 9.67. The van der Waals surface area contributed by atoms with Crippen molar-refractivity contribution in [2.24, 2.45) is 0 Å². The van der Waals surface area contributed by atoms with Crippen LogP contribution in [0.1, 0.15) is 29.5 Å². The third-order valence-corrected chi connectivity index (χ3v) is 4.33. The van der Waals surface area contributed by atoms with E-state index in [1.54, 1.807) is 0 Å². The lowest BCUT2D eigenvalue weighted by Crippen LogP contribution is -2.14. The number of rotatable bonds is 3. The number of carbonyl (C=O) groups is 1. The van der Waals surface area contributed by atoms with Gasteiger partial charge in [0.15, 0.2) is 0 Å². The Kier molecular flexibility index (Phi) is 3.62. The Bertz CT molecular complexity index is 649. The van der Waals surface area contributed by atoms with E-state index in [-0.39, 0.29) is 11.8 Å². The minimum atomic E-state index is -0.0880. The number of fused-ring (bicyclic) bond motifs is 1. The number of amides is 1. The van der Waals surface area contributed by atoms with Crippen LogP contribution in [-0.2, 0) is 17.6 Å². The second kappa shape index (κ2) is 5.41. The van der Waals surface area contributed by atoms with Gasteiger partial charge in [-0.3, -0.25) is 4.79 Å². The molecule has 1 amide bonds. The fourth-order valence-electron chi connectivity index (χ4n) is 2.65. The zero-order valence-corrected chi connectivity index (χ0v) is 12.9. The lowest BCUT2D eigenvalue weighted by molar-refractivity contribution is -0.117. The Morgan fingerprint density at radius 1 is 1.10 bits per heavy atom. The van der Waals surface area contributed by atoms with Crippen molar-refractivity contribution in [1.82, 2.24) is 0 Å². The lowest BCUT2D eigenvalue weighted by atomic mass is 9.93. The summed E-state index contributed by atoms with van der Waals surface area (Å²) in [7, 11) is 0. The molecule has 0 saturated carbocycles. The molecule has 0 fully saturated rings. The van der Waals surface area contributed by atoms with Crippen molar-refractivity contribution in [2.45, 2.75) is 25.7 Å². The van der Waals surface area contributed by atoms with Crippen LogP contribution < -0.4 is 5.32 Å². The van der Waals surface area contributed by atoms with Gasteiger partial charge in [-0.2, -0.15) is 0 Å². The van der Waals surface area contributed by atoms with Gasteiger partial charge in [0.05, 0.1) is 5.92 Å². The number of hydrogen-bond donors (Lipinski definition) is 1. The highest BCUT2D eigenvalue weighted by Gasteiger charge is 2.30. The first-order valence-electron chi connectivity index (χ1n) is 6.85. The summed E-state index contributed by atoms with van der Waals surface area (Å²) in [5.74, 6) is 0.00708. The summed E-state index contributed by atoms with van der Waals surface area (Å²) in [6.07, 6.45) is 1.79. The minimum absolute atomic E-state index is 0.0880. The molecular formula is C17H16BrNO. The van der Waals surface area contributed by atoms with Gasteiger partial charge in [-0.1, -0.05) is 47.1 Å². The average Bonchev–Trinajstić information content (AvgIpc) is 2.76. The second-order valence-electron chi connectivity index (χ2n) is 5.15. The zero-order valence-electron chi connectivity index (χ0n) is 11.3. The van der Waals surface area contributed by atoms with Gasteiger partial charge >= 0.3 is 0 Å². The Hall–Kier alpha value is -1.61. The Balaban J connectivity index is 1.87. The first-order valence-corrected chi connectivity index (χ1v) is 7.65. The summed E-state index contributed by atoms with van der Waals surface area (Å²) in [5.41, 5.74) is 4.56. The molecule has 0 saturated heterocycles. The molecule has 1 aliphatic rings. The smallest absolute Gasteiger partial charge is 0.232 e. The summed E-state index contributed by atoms with van der Waals surface area (Å²) in [4.78, 5) is 12.1. The number of nitrogens with one attached hydrogen (secondary N) is 1. The van der Waals surface area contributed by atoms with Crippen molar-refractivity contribution in [2.75, 3.05) is 5.32 Å². The largest absolute Gasteiger partial charge is 0.325 e. The van der Waals surface area contributed by atoms with E-state index in [1.807, 2.05) is 18.2 Å². The van der Waals surface area contributed by atoms with E-state index in [0.717, 1.165) is 28.6 Å². The molecule has 102 valence electrons. The molecule has 0 aliphatic carbocycles. The predicted molar refractivity (Wildman–Crippen MR) is 85.0 cm³/mol. The normalized spacial score (nSPS) is 16.9. The molecule has 3 heteroatoms. The van der Waals surface area contributed by atoms with Crippen LogP contribution >= 0.6 is 15.9 Å². The molecule has 0 bridgehead atoms. The van der Waals surface area contributed by atoms with Crippen LogP contribution in [-0.4, -0.2) is 5.91 Å². The summed E-state index contributed by atoms with van der Waals surface area (Å²) in [5, 5.41) is 2.96. The number of carbonyl (C=O) groups excluding carboxylic acids is 1. The Morgan fingerprint density at radius 2 is 1.80 bits per heavy atom. The van der Waals surface area contributed by atoms with E-state index in [9.17, 15) is 4.79 Å². The molecule has 1 N–H and O–H groups in total. The fourth-order valence-corrected chi connectivity index (χ4v) is 3.02. The SMILES string of the molecule is CCc1ccc(CC2C(=O)Nc3ccc(Br)cc32)cc1. The molecule has 0 radical (unpaired) electrons. The van der Waals surface area contributed by atoms with Gasteiger partial charge < -0.3 is 5.32 Å². The molecule has 2 aromatic rings. The summed E-state index contributed by atoms with van der Waals surface area (Å²) < 4.78 is 1.01. The highest BCUT2D eigenvalue weighted by Crippen LogP contribution is 2.36. The monoisotopic (exact) mass is 329 g/mol. The number of anilines is 1. The van der Waals surface area contributed by atoms with Gasteiger partial charge in [0, 0.05) is 10.2 Å². The molecule has 0 spiro atoms. The average molecular weight is 330 g/mol. The van der Waals surface area contributed by atoms with Crippen molar-refractivity contribution in [3.63, 3.8) is 0 Å². The van der Waals surface area contributed by atoms with E-state index in [4.69, 9.17) is 0 Å². The van der Waals surface area contributed by atoms with Crippen LogP contribution in [0.25, 0.3) is 0 Å². The molecule has 20 heavy (non-hydrogen) atoms. The highest BCUT2D eigenvalue weighted by atomic mass is 79.9. The van der Waals surface area contributed by atoms with Gasteiger partial charge in [-0.05, 0) is 47.7 Å². The second-order valence-corrected chi connectivity index (χ2v) is 6.06. The fraction of sp³-hybridized carbons (Fsp3) is 0.235. The van der Waals surface area contributed by atoms with E-state index >= 15 is 0 Å². The first kappa shape index (κ1) is 13.4. The van der Waals surface area contributed by atoms with Gasteiger partial charge in [0.25, 0.3) is 0 Å². The third kappa shape index (κ3) is 2.50. The molecule has 2 nitrogen and oxygen atoms in total. The Morgan fingerprint density at radius 3 is 2.50 bits per heavy atom. The molecule has 1 unspecified atom stereocenters. The summed E-state index contributed by atoms with van der Waals surface area (Å²) in [6, 6.07) is 14.5. The van der Waals surface area contributed by atoms with Gasteiger partial charge in [0.1, 0.15) is 0 Å². The molecule has 3 rings (SSSR count). The van der Waals surface area contributed by atoms with E-state index in [1.165, 1.54) is 11.1 Å². The van der Waals surface area contributed by atoms with E-state index < -0.39 is 0 Å². The highest BCUT2D eigenvalue weighted by molar-refractivity contribution is 9.10. The number of hydrogen-bond acceptors (Lipinski definition) is 1. The van der Waals surface area contributed by atoms with Gasteiger partial charge in [0.2, 0.25) is 5.91 Å². The molecule has 2 aromatic carbocycles. The number of aryl methyl sites for hydroxylation is 1. The van der Waals surface area contributed by atoms with Crippen LogP contribution in [0.4, 0.5) is 5.69 Å². The van der Waals surface area contributed by atoms with Crippen molar-refractivity contribution in [3.8, 4) is 0 Å². The van der Waals surface area contributed by atoms with Crippen molar-refractivity contribution in [3.05, 3.63) is 63.6 Å². The number of benzene rings is 2. The summed E-state index contributed by atoms with van der Waals surface area (Å²) in [6.45, 7) is 2.15. The Labute approximate surface area is 127 Å². The minimum Gasteiger partial charge on any atom is -0.325 e. The van der Waals surface area contributed by atoms with Crippen LogP contribution in [0.15, 0.2) is 46.9 Å². The maximum absolute atomic E-state index is 12.1. The van der Waals surface area contributed by atoms with Crippen LogP contribution in [0.3, 0.4) is 0 Å². The third-order valence-electron chi connectivity index (χ3n) is 3.83. The van der Waals surface area contributed by atoms with E-state index in [0.29, 0.717) is 0 Å². The van der Waals surface area contributed by atoms with E-state index in [2.05, 4.69) is 52.4 Å². The molecule has 1 aliphatic heterocycles.